The van der Waals surface area contributed by atoms with Gasteiger partial charge in [0.15, 0.2) is 0 Å². The summed E-state index contributed by atoms with van der Waals surface area (Å²) in [7, 11) is 2.78. The predicted octanol–water partition coefficient (Wildman–Crippen LogP) is 6.82. The molecule has 1 amide bonds. The highest BCUT2D eigenvalue weighted by molar-refractivity contribution is 9.10. The molecule has 182 valence electrons. The molecule has 4 aromatic rings. The van der Waals surface area contributed by atoms with Crippen LogP contribution < -0.4 is 9.47 Å². The fourth-order valence-electron chi connectivity index (χ4n) is 4.61. The molecule has 2 aromatic heterocycles. The van der Waals surface area contributed by atoms with Crippen LogP contribution in [-0.2, 0) is 12.6 Å². The number of ether oxygens (including phenoxy) is 2. The van der Waals surface area contributed by atoms with Gasteiger partial charge in [-0.1, -0.05) is 0 Å². The quantitative estimate of drug-likeness (QED) is 0.296. The molecule has 10 heteroatoms. The van der Waals surface area contributed by atoms with E-state index in [2.05, 4.69) is 20.9 Å². The average Bonchev–Trinajstić information content (AvgIpc) is 3.44. The number of thiophene rings is 1. The highest BCUT2D eigenvalue weighted by Gasteiger charge is 2.38. The summed E-state index contributed by atoms with van der Waals surface area (Å²) in [6.45, 7) is 0.351. The maximum absolute atomic E-state index is 13.7. The standard InChI is InChI=1S/C25H20BrF3N2O3S/c1-33-15-4-5-19-17(11-15)16-7-8-31(23(22(16)30-19)21-10-14(26)12-35-21)24(32)13-3-6-20(34-2)18(9-13)25(27,28)29/h3-6,9-12,23,30H,7-8H2,1-2H3. The highest BCUT2D eigenvalue weighted by Crippen LogP contribution is 2.43. The molecule has 5 nitrogen and oxygen atoms in total. The van der Waals surface area contributed by atoms with Crippen LogP contribution in [0.15, 0.2) is 52.3 Å². The van der Waals surface area contributed by atoms with E-state index < -0.39 is 23.7 Å². The number of halogens is 4. The van der Waals surface area contributed by atoms with E-state index in [0.717, 1.165) is 43.3 Å². The summed E-state index contributed by atoms with van der Waals surface area (Å²) in [5, 5.41) is 2.93. The molecule has 0 radical (unpaired) electrons. The molecule has 1 aliphatic rings. The topological polar surface area (TPSA) is 54.6 Å². The minimum Gasteiger partial charge on any atom is -0.497 e. The molecular weight excluding hydrogens is 545 g/mol. The van der Waals surface area contributed by atoms with Crippen LogP contribution in [0.25, 0.3) is 10.9 Å². The van der Waals surface area contributed by atoms with Gasteiger partial charge in [-0.2, -0.15) is 13.2 Å². The molecule has 35 heavy (non-hydrogen) atoms. The number of nitrogens with zero attached hydrogens (tertiary/aromatic N) is 1. The van der Waals surface area contributed by atoms with Gasteiger partial charge in [-0.05, 0) is 70.4 Å². The van der Waals surface area contributed by atoms with Gasteiger partial charge in [-0.3, -0.25) is 4.79 Å². The fourth-order valence-corrected chi connectivity index (χ4v) is 6.17. The number of hydrogen-bond acceptors (Lipinski definition) is 4. The molecule has 0 saturated heterocycles. The number of benzene rings is 2. The monoisotopic (exact) mass is 564 g/mol. The zero-order valence-electron chi connectivity index (χ0n) is 18.7. The Labute approximate surface area is 211 Å². The number of aromatic nitrogens is 1. The summed E-state index contributed by atoms with van der Waals surface area (Å²) in [4.78, 5) is 19.7. The third kappa shape index (κ3) is 4.18. The lowest BCUT2D eigenvalue weighted by Gasteiger charge is -2.35. The normalized spacial score (nSPS) is 15.8. The molecule has 1 unspecified atom stereocenters. The summed E-state index contributed by atoms with van der Waals surface area (Å²) in [5.74, 6) is -0.0704. The van der Waals surface area contributed by atoms with E-state index in [0.29, 0.717) is 13.0 Å². The number of carbonyl (C=O) groups is 1. The van der Waals surface area contributed by atoms with Crippen LogP contribution in [0.2, 0.25) is 0 Å². The maximum Gasteiger partial charge on any atom is 0.419 e. The summed E-state index contributed by atoms with van der Waals surface area (Å²) < 4.78 is 52.0. The number of carbonyl (C=O) groups excluding carboxylic acids is 1. The molecule has 0 saturated carbocycles. The van der Waals surface area contributed by atoms with Gasteiger partial charge in [0.25, 0.3) is 5.91 Å². The molecule has 1 atom stereocenters. The third-order valence-electron chi connectivity index (χ3n) is 6.20. The van der Waals surface area contributed by atoms with Crippen molar-refractivity contribution in [1.82, 2.24) is 9.88 Å². The molecule has 5 rings (SSSR count). The predicted molar refractivity (Wildman–Crippen MR) is 131 cm³/mol. The molecule has 0 aliphatic carbocycles. The van der Waals surface area contributed by atoms with Crippen LogP contribution >= 0.6 is 27.3 Å². The second-order valence-corrected chi connectivity index (χ2v) is 10.0. The van der Waals surface area contributed by atoms with E-state index in [1.54, 1.807) is 12.0 Å². The highest BCUT2D eigenvalue weighted by atomic mass is 79.9. The van der Waals surface area contributed by atoms with Crippen molar-refractivity contribution in [2.75, 3.05) is 20.8 Å². The second kappa shape index (κ2) is 8.91. The Bertz CT molecular complexity index is 1430. The molecule has 2 aromatic carbocycles. The molecule has 1 N–H and O–H groups in total. The maximum atomic E-state index is 13.7. The van der Waals surface area contributed by atoms with Crippen molar-refractivity contribution in [3.63, 3.8) is 0 Å². The van der Waals surface area contributed by atoms with Crippen molar-refractivity contribution in [1.29, 1.82) is 0 Å². The zero-order valence-corrected chi connectivity index (χ0v) is 21.1. The first kappa shape index (κ1) is 23.7. The third-order valence-corrected chi connectivity index (χ3v) is 7.95. The Balaban J connectivity index is 1.62. The van der Waals surface area contributed by atoms with Crippen molar-refractivity contribution >= 4 is 44.1 Å². The number of nitrogens with one attached hydrogen (secondary N) is 1. The first-order valence-electron chi connectivity index (χ1n) is 10.7. The van der Waals surface area contributed by atoms with Gasteiger partial charge in [0.2, 0.25) is 0 Å². The first-order valence-corrected chi connectivity index (χ1v) is 12.4. The van der Waals surface area contributed by atoms with Gasteiger partial charge >= 0.3 is 6.18 Å². The van der Waals surface area contributed by atoms with E-state index in [1.807, 2.05) is 29.6 Å². The van der Waals surface area contributed by atoms with Crippen LogP contribution in [0.1, 0.15) is 38.1 Å². The van der Waals surface area contributed by atoms with Crippen LogP contribution in [0.4, 0.5) is 13.2 Å². The first-order chi connectivity index (χ1) is 16.7. The Morgan fingerprint density at radius 3 is 2.60 bits per heavy atom. The van der Waals surface area contributed by atoms with Crippen molar-refractivity contribution in [3.8, 4) is 11.5 Å². The van der Waals surface area contributed by atoms with Crippen molar-refractivity contribution in [2.24, 2.45) is 0 Å². The summed E-state index contributed by atoms with van der Waals surface area (Å²) in [5.41, 5.74) is 1.82. The van der Waals surface area contributed by atoms with Gasteiger partial charge in [0.1, 0.15) is 17.5 Å². The molecule has 1 aliphatic heterocycles. The van der Waals surface area contributed by atoms with E-state index in [-0.39, 0.29) is 11.3 Å². The minimum atomic E-state index is -4.65. The summed E-state index contributed by atoms with van der Waals surface area (Å²) in [6.07, 6.45) is -4.09. The molecule has 0 fully saturated rings. The summed E-state index contributed by atoms with van der Waals surface area (Å²) >= 11 is 4.96. The largest absolute Gasteiger partial charge is 0.497 e. The second-order valence-electron chi connectivity index (χ2n) is 8.16. The minimum absolute atomic E-state index is 0.0417. The Kier molecular flexibility index (Phi) is 6.04. The van der Waals surface area contributed by atoms with Crippen LogP contribution in [-0.4, -0.2) is 36.6 Å². The van der Waals surface area contributed by atoms with Gasteiger partial charge < -0.3 is 19.4 Å². The van der Waals surface area contributed by atoms with Crippen molar-refractivity contribution in [3.05, 3.63) is 79.6 Å². The SMILES string of the molecule is COc1ccc2[nH]c3c(c2c1)CCN(C(=O)c1ccc(OC)c(C(F)(F)F)c1)C3c1cc(Br)cs1. The molecule has 0 spiro atoms. The summed E-state index contributed by atoms with van der Waals surface area (Å²) in [6, 6.07) is 10.7. The number of amides is 1. The van der Waals surface area contributed by atoms with Gasteiger partial charge in [-0.25, -0.2) is 0 Å². The fraction of sp³-hybridized carbons (Fsp3) is 0.240. The van der Waals surface area contributed by atoms with Gasteiger partial charge in [0, 0.05) is 43.4 Å². The van der Waals surface area contributed by atoms with E-state index in [1.165, 1.54) is 30.6 Å². The van der Waals surface area contributed by atoms with E-state index in [9.17, 15) is 18.0 Å². The number of rotatable bonds is 4. The molecule has 0 bridgehead atoms. The smallest absolute Gasteiger partial charge is 0.419 e. The Morgan fingerprint density at radius 2 is 1.94 bits per heavy atom. The van der Waals surface area contributed by atoms with Crippen molar-refractivity contribution in [2.45, 2.75) is 18.6 Å². The molecular formula is C25H20BrF3N2O3S. The van der Waals surface area contributed by atoms with Gasteiger partial charge in [0.05, 0.1) is 19.8 Å². The molecule has 3 heterocycles. The van der Waals surface area contributed by atoms with Crippen LogP contribution in [0.3, 0.4) is 0 Å². The number of methoxy groups -OCH3 is 2. The number of H-pyrrole nitrogens is 1. The van der Waals surface area contributed by atoms with E-state index >= 15 is 0 Å². The number of alkyl halides is 3. The van der Waals surface area contributed by atoms with E-state index in [4.69, 9.17) is 9.47 Å². The van der Waals surface area contributed by atoms with Crippen LogP contribution in [0, 0.1) is 0 Å². The average molecular weight is 565 g/mol. The Morgan fingerprint density at radius 1 is 1.14 bits per heavy atom. The lowest BCUT2D eigenvalue weighted by atomic mass is 9.95. The van der Waals surface area contributed by atoms with Gasteiger partial charge in [-0.15, -0.1) is 11.3 Å². The Hall–Kier alpha value is -2.98. The van der Waals surface area contributed by atoms with Crippen molar-refractivity contribution < 1.29 is 27.4 Å². The number of fused-ring (bicyclic) bond motifs is 3. The lowest BCUT2D eigenvalue weighted by Crippen LogP contribution is -2.40. The lowest BCUT2D eigenvalue weighted by molar-refractivity contribution is -0.138. The van der Waals surface area contributed by atoms with Crippen LogP contribution in [0.5, 0.6) is 11.5 Å². The zero-order chi connectivity index (χ0) is 24.9. The number of hydrogen-bond donors (Lipinski definition) is 1. The number of aromatic amines is 1.